The second-order valence-corrected chi connectivity index (χ2v) is 10.2. The predicted octanol–water partition coefficient (Wildman–Crippen LogP) is 3.56. The number of imidazole rings is 1. The standard InChI is InChI=1S/C29H34ClN9O4/c1-33-19-9-10-21-23(14-19)35-20(15-40)5-3-4-6-22(28-37-26(21)27(38-28)29(42)43-2)36-25(41)12-7-17-13-18(30)8-11-24(17)39(32)16-34-31/h7-16,20,22,33,35H,3-6,31-32H2,1-2H3,(H,36,41)(H,37,38)/b12-7+,34-16-/t20-,22+/m1/s1. The van der Waals surface area contributed by atoms with Crippen LogP contribution in [0.15, 0.2) is 47.6 Å². The first-order chi connectivity index (χ1) is 20.8. The van der Waals surface area contributed by atoms with Gasteiger partial charge in [-0.25, -0.2) is 15.6 Å². The molecule has 0 fully saturated rings. The number of nitrogens with zero attached hydrogens (tertiary/aromatic N) is 3. The molecule has 0 saturated carbocycles. The smallest absolute Gasteiger partial charge is 0.356 e. The van der Waals surface area contributed by atoms with E-state index in [1.54, 1.807) is 31.3 Å². The number of carbonyl (C=O) groups excluding carboxylic acids is 3. The lowest BCUT2D eigenvalue weighted by Gasteiger charge is -2.20. The number of ether oxygens (including phenoxy) is 1. The molecule has 8 N–H and O–H groups in total. The Kier molecular flexibility index (Phi) is 10.4. The third kappa shape index (κ3) is 7.50. The van der Waals surface area contributed by atoms with Crippen LogP contribution in [0.25, 0.3) is 17.3 Å². The number of nitrogens with two attached hydrogens (primary N) is 2. The Morgan fingerprint density at radius 1 is 1.21 bits per heavy atom. The number of hydrogen-bond donors (Lipinski definition) is 6. The van der Waals surface area contributed by atoms with Crippen molar-refractivity contribution in [3.05, 3.63) is 64.6 Å². The highest BCUT2D eigenvalue weighted by Gasteiger charge is 2.27. The van der Waals surface area contributed by atoms with E-state index in [1.165, 1.54) is 24.5 Å². The van der Waals surface area contributed by atoms with E-state index in [0.717, 1.165) is 12.0 Å². The van der Waals surface area contributed by atoms with Gasteiger partial charge in [-0.3, -0.25) is 9.80 Å². The number of aldehydes is 1. The van der Waals surface area contributed by atoms with Crippen molar-refractivity contribution in [3.8, 4) is 11.3 Å². The van der Waals surface area contributed by atoms with Crippen LogP contribution in [0, 0.1) is 0 Å². The number of fused-ring (bicyclic) bond motifs is 4. The lowest BCUT2D eigenvalue weighted by molar-refractivity contribution is -0.117. The quantitative estimate of drug-likeness (QED) is 0.0419. The molecule has 0 unspecified atom stereocenters. The van der Waals surface area contributed by atoms with E-state index in [1.807, 2.05) is 18.2 Å². The zero-order valence-corrected chi connectivity index (χ0v) is 24.5. The van der Waals surface area contributed by atoms with E-state index in [4.69, 9.17) is 33.0 Å². The Hall–Kier alpha value is -4.88. The Morgan fingerprint density at radius 3 is 2.72 bits per heavy atom. The molecule has 1 aliphatic heterocycles. The van der Waals surface area contributed by atoms with E-state index >= 15 is 0 Å². The summed E-state index contributed by atoms with van der Waals surface area (Å²) in [4.78, 5) is 45.8. The molecule has 2 atom stereocenters. The van der Waals surface area contributed by atoms with Crippen LogP contribution < -0.4 is 32.6 Å². The van der Waals surface area contributed by atoms with Gasteiger partial charge in [0.1, 0.15) is 24.1 Å². The third-order valence-corrected chi connectivity index (χ3v) is 7.19. The Labute approximate surface area is 253 Å². The van der Waals surface area contributed by atoms with Crippen LogP contribution in [0.1, 0.15) is 53.6 Å². The first-order valence-corrected chi connectivity index (χ1v) is 13.9. The summed E-state index contributed by atoms with van der Waals surface area (Å²) in [5.74, 6) is 10.6. The van der Waals surface area contributed by atoms with Crippen molar-refractivity contribution in [3.63, 3.8) is 0 Å². The molecule has 43 heavy (non-hydrogen) atoms. The number of carbonyl (C=O) groups is 3. The molecule has 4 rings (SSSR count). The van der Waals surface area contributed by atoms with Crippen molar-refractivity contribution >= 4 is 59.2 Å². The van der Waals surface area contributed by atoms with Crippen LogP contribution in [-0.4, -0.2) is 54.7 Å². The number of aromatic nitrogens is 2. The van der Waals surface area contributed by atoms with Crippen molar-refractivity contribution in [2.45, 2.75) is 37.8 Å². The maximum absolute atomic E-state index is 13.2. The number of hydrazine groups is 1. The van der Waals surface area contributed by atoms with Crippen molar-refractivity contribution in [1.82, 2.24) is 15.3 Å². The van der Waals surface area contributed by atoms with Crippen molar-refractivity contribution in [2.75, 3.05) is 29.8 Å². The topological polar surface area (TPSA) is 193 Å². The Morgan fingerprint density at radius 2 is 2.00 bits per heavy atom. The summed E-state index contributed by atoms with van der Waals surface area (Å²) in [6.45, 7) is 0. The van der Waals surface area contributed by atoms with Crippen LogP contribution in [0.2, 0.25) is 5.02 Å². The minimum Gasteiger partial charge on any atom is -0.464 e. The lowest BCUT2D eigenvalue weighted by Crippen LogP contribution is -2.30. The van der Waals surface area contributed by atoms with Gasteiger partial charge in [-0.05, 0) is 55.3 Å². The predicted molar refractivity (Wildman–Crippen MR) is 168 cm³/mol. The summed E-state index contributed by atoms with van der Waals surface area (Å²) >= 11 is 6.18. The van der Waals surface area contributed by atoms with Crippen LogP contribution in [0.3, 0.4) is 0 Å². The minimum atomic E-state index is -0.620. The number of hydrazone groups is 1. The Balaban J connectivity index is 1.71. The molecule has 2 aromatic carbocycles. The molecule has 0 aliphatic carbocycles. The monoisotopic (exact) mass is 607 g/mol. The maximum atomic E-state index is 13.2. The van der Waals surface area contributed by atoms with E-state index in [-0.39, 0.29) is 5.69 Å². The van der Waals surface area contributed by atoms with Crippen molar-refractivity contribution < 1.29 is 19.1 Å². The van der Waals surface area contributed by atoms with Crippen LogP contribution >= 0.6 is 11.6 Å². The van der Waals surface area contributed by atoms with E-state index in [9.17, 15) is 14.4 Å². The van der Waals surface area contributed by atoms with Gasteiger partial charge < -0.3 is 36.3 Å². The van der Waals surface area contributed by atoms with Crippen molar-refractivity contribution in [2.24, 2.45) is 16.8 Å². The normalized spacial score (nSPS) is 16.8. The molecule has 1 aromatic heterocycles. The van der Waals surface area contributed by atoms with E-state index in [2.05, 4.69) is 26.0 Å². The molecule has 0 spiro atoms. The summed E-state index contributed by atoms with van der Waals surface area (Å²) < 4.78 is 5.04. The molecule has 2 heterocycles. The molecule has 3 aromatic rings. The van der Waals surface area contributed by atoms with E-state index in [0.29, 0.717) is 64.7 Å². The first-order valence-electron chi connectivity index (χ1n) is 13.6. The number of amides is 1. The Bertz CT molecular complexity index is 1540. The summed E-state index contributed by atoms with van der Waals surface area (Å²) in [5.41, 5.74) is 3.57. The maximum Gasteiger partial charge on any atom is 0.356 e. The number of benzene rings is 2. The summed E-state index contributed by atoms with van der Waals surface area (Å²) in [6, 6.07) is 9.44. The van der Waals surface area contributed by atoms with Gasteiger partial charge in [0.25, 0.3) is 0 Å². The number of esters is 1. The number of nitrogens with one attached hydrogen (secondary N) is 4. The molecular weight excluding hydrogens is 574 g/mol. The number of halogens is 1. The molecule has 1 aliphatic rings. The molecule has 14 heteroatoms. The number of aromatic amines is 1. The SMILES string of the molecule is CNc1ccc2c(c1)N[C@@H](C=O)CCCC[C@H](NC(=O)/C=C/c1cc(Cl)ccc1N(N)/C=N\N)c1nc-2c(C(=O)OC)[nH]1. The first kappa shape index (κ1) is 31.1. The number of H-pyrrole nitrogens is 1. The second kappa shape index (κ2) is 14.3. The van der Waals surface area contributed by atoms with Gasteiger partial charge in [0.15, 0.2) is 5.69 Å². The molecule has 0 radical (unpaired) electrons. The van der Waals surface area contributed by atoms with Gasteiger partial charge in [-0.15, -0.1) is 0 Å². The van der Waals surface area contributed by atoms with Gasteiger partial charge >= 0.3 is 5.97 Å². The third-order valence-electron chi connectivity index (χ3n) is 6.96. The fraction of sp³-hybridized carbons (Fsp3) is 0.276. The molecule has 2 bridgehead atoms. The largest absolute Gasteiger partial charge is 0.464 e. The van der Waals surface area contributed by atoms with Crippen LogP contribution in [0.4, 0.5) is 17.1 Å². The molecular formula is C29H34ClN9O4. The van der Waals surface area contributed by atoms with Gasteiger partial charge in [-0.2, -0.15) is 5.10 Å². The minimum absolute atomic E-state index is 0.127. The van der Waals surface area contributed by atoms with Gasteiger partial charge in [0.05, 0.1) is 24.9 Å². The molecule has 13 nitrogen and oxygen atoms in total. The average Bonchev–Trinajstić information content (AvgIpc) is 3.45. The highest BCUT2D eigenvalue weighted by Crippen LogP contribution is 2.35. The number of methoxy groups -OCH3 is 1. The average molecular weight is 608 g/mol. The number of anilines is 3. The second-order valence-electron chi connectivity index (χ2n) is 9.79. The lowest BCUT2D eigenvalue weighted by atomic mass is 10.0. The fourth-order valence-electron chi connectivity index (χ4n) is 4.80. The van der Waals surface area contributed by atoms with Crippen LogP contribution in [-0.2, 0) is 14.3 Å². The molecule has 0 saturated heterocycles. The van der Waals surface area contributed by atoms with Gasteiger partial charge in [0, 0.05) is 40.6 Å². The van der Waals surface area contributed by atoms with E-state index < -0.39 is 24.0 Å². The van der Waals surface area contributed by atoms with Crippen LogP contribution in [0.5, 0.6) is 0 Å². The molecule has 226 valence electrons. The summed E-state index contributed by atoms with van der Waals surface area (Å²) in [5, 5.41) is 14.4. The van der Waals surface area contributed by atoms with Crippen molar-refractivity contribution in [1.29, 1.82) is 0 Å². The zero-order valence-electron chi connectivity index (χ0n) is 23.8. The number of rotatable bonds is 8. The zero-order chi connectivity index (χ0) is 30.9. The van der Waals surface area contributed by atoms with Gasteiger partial charge in [-0.1, -0.05) is 24.4 Å². The highest BCUT2D eigenvalue weighted by atomic mass is 35.5. The number of hydrogen-bond acceptors (Lipinski definition) is 10. The summed E-state index contributed by atoms with van der Waals surface area (Å²) in [7, 11) is 3.07. The fourth-order valence-corrected chi connectivity index (χ4v) is 4.98. The summed E-state index contributed by atoms with van der Waals surface area (Å²) in [6.07, 6.45) is 7.47. The van der Waals surface area contributed by atoms with Gasteiger partial charge in [0.2, 0.25) is 5.91 Å². The highest BCUT2D eigenvalue weighted by molar-refractivity contribution is 6.30. The molecule has 1 amide bonds.